The number of likely N-dealkylation sites (N-methyl/N-ethyl adjacent to an activating group) is 1. The average Bonchev–Trinajstić information content (AvgIpc) is 2.60. The molecule has 0 radical (unpaired) electrons. The minimum absolute atomic E-state index is 0.0476. The third kappa shape index (κ3) is 14.8. The second kappa shape index (κ2) is 14.2. The van der Waals surface area contributed by atoms with Crippen molar-refractivity contribution in [3.05, 3.63) is 29.3 Å². The van der Waals surface area contributed by atoms with E-state index in [1.165, 1.54) is 10.8 Å². The van der Waals surface area contributed by atoms with Crippen molar-refractivity contribution in [3.8, 4) is 0 Å². The number of benzene rings is 1. The van der Waals surface area contributed by atoms with Crippen molar-refractivity contribution in [3.63, 3.8) is 0 Å². The van der Waals surface area contributed by atoms with Gasteiger partial charge in [0.2, 0.25) is 5.91 Å². The Morgan fingerprint density at radius 2 is 1.62 bits per heavy atom. The minimum atomic E-state index is -5.08. The molecule has 0 fully saturated rings. The summed E-state index contributed by atoms with van der Waals surface area (Å²) < 4.78 is 31.7. The zero-order chi connectivity index (χ0) is 22.4. The molecule has 29 heavy (non-hydrogen) atoms. The number of carbonyl (C=O) groups is 3. The molecule has 13 heteroatoms. The number of carbonyl (C=O) groups excluding carboxylic acids is 1. The monoisotopic (exact) mass is 476 g/mol. The van der Waals surface area contributed by atoms with Crippen LogP contribution in [-0.2, 0) is 14.4 Å². The number of halogens is 4. The van der Waals surface area contributed by atoms with Crippen molar-refractivity contribution in [1.82, 2.24) is 5.32 Å². The lowest BCUT2D eigenvalue weighted by Gasteiger charge is -2.18. The lowest BCUT2D eigenvalue weighted by molar-refractivity contribution is -0.192. The van der Waals surface area contributed by atoms with E-state index < -0.39 is 18.1 Å². The number of rotatable bonds is 10. The van der Waals surface area contributed by atoms with Gasteiger partial charge in [-0.05, 0) is 24.3 Å². The van der Waals surface area contributed by atoms with Crippen LogP contribution in [-0.4, -0.2) is 65.9 Å². The lowest BCUT2D eigenvalue weighted by atomic mass is 10.3. The number of carboxylic acid groups (broad SMARTS) is 2. The van der Waals surface area contributed by atoms with Crippen molar-refractivity contribution in [2.45, 2.75) is 12.6 Å². The van der Waals surface area contributed by atoms with Crippen LogP contribution in [0.1, 0.15) is 6.42 Å². The van der Waals surface area contributed by atoms with Gasteiger partial charge in [-0.3, -0.25) is 9.59 Å². The van der Waals surface area contributed by atoms with Gasteiger partial charge in [-0.1, -0.05) is 33.2 Å². The van der Waals surface area contributed by atoms with E-state index in [1.54, 1.807) is 22.9 Å². The van der Waals surface area contributed by atoms with Gasteiger partial charge in [-0.25, -0.2) is 4.79 Å². The molecule has 0 saturated carbocycles. The predicted octanol–water partition coefficient (Wildman–Crippen LogP) is 3.38. The molecule has 1 amide bonds. The maximum absolute atomic E-state index is 11.8. The number of amides is 1. The summed E-state index contributed by atoms with van der Waals surface area (Å²) in [6.45, 7) is 0.844. The molecule has 0 aromatic heterocycles. The summed E-state index contributed by atoms with van der Waals surface area (Å²) in [5, 5.41) is 19.1. The zero-order valence-corrected chi connectivity index (χ0v) is 17.6. The first-order valence-electron chi connectivity index (χ1n) is 7.93. The summed E-state index contributed by atoms with van der Waals surface area (Å²) in [4.78, 5) is 32.9. The zero-order valence-electron chi connectivity index (χ0n) is 15.2. The van der Waals surface area contributed by atoms with Crippen LogP contribution in [0.3, 0.4) is 0 Å². The van der Waals surface area contributed by atoms with E-state index in [9.17, 15) is 22.8 Å². The van der Waals surface area contributed by atoms with Gasteiger partial charge in [0, 0.05) is 35.8 Å². The quantitative estimate of drug-likeness (QED) is 0.348. The maximum atomic E-state index is 11.8. The highest BCUT2D eigenvalue weighted by atomic mass is 35.5. The molecule has 0 aliphatic heterocycles. The Bertz CT molecular complexity index is 663. The molecule has 0 unspecified atom stereocenters. The summed E-state index contributed by atoms with van der Waals surface area (Å²) in [6, 6.07) is 7.31. The topological polar surface area (TPSA) is 107 Å². The van der Waals surface area contributed by atoms with Crippen molar-refractivity contribution in [2.75, 3.05) is 36.5 Å². The number of anilines is 1. The van der Waals surface area contributed by atoms with Crippen LogP contribution in [0.25, 0.3) is 0 Å². The summed E-state index contributed by atoms with van der Waals surface area (Å²) in [7, 11) is 4.92. The molecule has 0 aliphatic rings. The highest BCUT2D eigenvalue weighted by Crippen LogP contribution is 2.21. The van der Waals surface area contributed by atoms with E-state index in [4.69, 9.17) is 26.6 Å². The van der Waals surface area contributed by atoms with E-state index in [2.05, 4.69) is 5.32 Å². The first-order chi connectivity index (χ1) is 13.4. The molecule has 3 N–H and O–H groups in total. The van der Waals surface area contributed by atoms with Crippen LogP contribution in [0.5, 0.6) is 0 Å². The summed E-state index contributed by atoms with van der Waals surface area (Å²) >= 11 is 5.83. The Labute approximate surface area is 178 Å². The fourth-order valence-electron chi connectivity index (χ4n) is 1.54. The SMILES string of the molecule is CN(CC(=O)NCCSSCCC(=O)O)c1ccc(Cl)cc1.O=C(O)C(F)(F)F. The Kier molecular flexibility index (Phi) is 13.4. The first-order valence-corrected chi connectivity index (χ1v) is 10.8. The lowest BCUT2D eigenvalue weighted by Crippen LogP contribution is -2.36. The number of nitrogens with zero attached hydrogens (tertiary/aromatic N) is 1. The van der Waals surface area contributed by atoms with E-state index in [0.29, 0.717) is 17.3 Å². The standard InChI is InChI=1S/C14H19ClN2O3S2.C2HF3O2/c1-17(12-4-2-11(15)3-5-12)10-13(18)16-7-9-22-21-8-6-14(19)20;3-2(4,5)1(6)7/h2-5H,6-10H2,1H3,(H,16,18)(H,19,20);(H,6,7). The summed E-state index contributed by atoms with van der Waals surface area (Å²) in [6.07, 6.45) is -4.92. The maximum Gasteiger partial charge on any atom is 0.490 e. The van der Waals surface area contributed by atoms with Gasteiger partial charge in [0.05, 0.1) is 13.0 Å². The normalized spacial score (nSPS) is 10.5. The molecular weight excluding hydrogens is 457 g/mol. The number of carboxylic acids is 2. The predicted molar refractivity (Wildman–Crippen MR) is 109 cm³/mol. The van der Waals surface area contributed by atoms with Gasteiger partial charge in [-0.15, -0.1) is 0 Å². The van der Waals surface area contributed by atoms with Crippen LogP contribution in [0.4, 0.5) is 18.9 Å². The fourth-order valence-corrected chi connectivity index (χ4v) is 3.55. The van der Waals surface area contributed by atoms with Crippen molar-refractivity contribution in [2.24, 2.45) is 0 Å². The molecule has 0 bridgehead atoms. The van der Waals surface area contributed by atoms with Gasteiger partial charge in [0.1, 0.15) is 0 Å². The molecule has 0 atom stereocenters. The first kappa shape index (κ1) is 27.2. The molecular formula is C16H20ClF3N2O5S2. The smallest absolute Gasteiger partial charge is 0.481 e. The minimum Gasteiger partial charge on any atom is -0.481 e. The molecule has 0 aliphatic carbocycles. The largest absolute Gasteiger partial charge is 0.490 e. The van der Waals surface area contributed by atoms with Crippen LogP contribution >= 0.6 is 33.2 Å². The third-order valence-corrected chi connectivity index (χ3v) is 5.54. The Morgan fingerprint density at radius 1 is 1.10 bits per heavy atom. The van der Waals surface area contributed by atoms with Crippen molar-refractivity contribution in [1.29, 1.82) is 0 Å². The van der Waals surface area contributed by atoms with E-state index in [1.807, 2.05) is 24.1 Å². The third-order valence-electron chi connectivity index (χ3n) is 2.88. The van der Waals surface area contributed by atoms with E-state index >= 15 is 0 Å². The average molecular weight is 477 g/mol. The fraction of sp³-hybridized carbons (Fsp3) is 0.438. The van der Waals surface area contributed by atoms with Gasteiger partial charge in [-0.2, -0.15) is 13.2 Å². The second-order valence-electron chi connectivity index (χ2n) is 5.27. The summed E-state index contributed by atoms with van der Waals surface area (Å²) in [5.41, 5.74) is 0.929. The van der Waals surface area contributed by atoms with Gasteiger partial charge in [0.25, 0.3) is 0 Å². The van der Waals surface area contributed by atoms with Crippen molar-refractivity contribution < 1.29 is 37.8 Å². The molecule has 1 aromatic carbocycles. The molecule has 0 spiro atoms. The number of nitrogens with one attached hydrogen (secondary N) is 1. The van der Waals surface area contributed by atoms with Gasteiger partial charge >= 0.3 is 18.1 Å². The van der Waals surface area contributed by atoms with Crippen LogP contribution in [0.15, 0.2) is 24.3 Å². The molecule has 7 nitrogen and oxygen atoms in total. The molecule has 1 aromatic rings. The summed E-state index contributed by atoms with van der Waals surface area (Å²) in [5.74, 6) is -2.26. The Balaban J connectivity index is 0.000000956. The molecule has 0 heterocycles. The van der Waals surface area contributed by atoms with Crippen molar-refractivity contribution >= 4 is 56.7 Å². The van der Waals surface area contributed by atoms with Gasteiger partial charge < -0.3 is 20.4 Å². The molecule has 0 saturated heterocycles. The van der Waals surface area contributed by atoms with E-state index in [0.717, 1.165) is 11.4 Å². The Morgan fingerprint density at radius 3 is 2.10 bits per heavy atom. The number of hydrogen-bond acceptors (Lipinski definition) is 6. The van der Waals surface area contributed by atoms with Crippen LogP contribution < -0.4 is 10.2 Å². The Hall–Kier alpha value is -1.79. The molecule has 1 rings (SSSR count). The van der Waals surface area contributed by atoms with E-state index in [-0.39, 0.29) is 18.9 Å². The van der Waals surface area contributed by atoms with Gasteiger partial charge in [0.15, 0.2) is 0 Å². The number of hydrogen-bond donors (Lipinski definition) is 3. The number of alkyl halides is 3. The second-order valence-corrected chi connectivity index (χ2v) is 8.41. The number of aliphatic carboxylic acids is 2. The molecule has 164 valence electrons. The van der Waals surface area contributed by atoms with Crippen LogP contribution in [0, 0.1) is 0 Å². The van der Waals surface area contributed by atoms with Crippen LogP contribution in [0.2, 0.25) is 5.02 Å². The highest BCUT2D eigenvalue weighted by Gasteiger charge is 2.38. The highest BCUT2D eigenvalue weighted by molar-refractivity contribution is 8.76.